The molecule has 0 amide bonds. The van der Waals surface area contributed by atoms with Crippen molar-refractivity contribution >= 4 is 29.9 Å². The maximum Gasteiger partial charge on any atom is 0.191 e. The Balaban J connectivity index is 0.00000729. The van der Waals surface area contributed by atoms with Crippen molar-refractivity contribution in [1.29, 1.82) is 0 Å². The summed E-state index contributed by atoms with van der Waals surface area (Å²) >= 11 is 0. The Hall–Kier alpha value is -1.22. The SMILES string of the molecule is CCOc1ccc(C(C)NC(=NC)NCCN(CC)C(C)C)cc1OCC.I. The number of halogens is 1. The molecule has 7 heteroatoms. The van der Waals surface area contributed by atoms with Gasteiger partial charge >= 0.3 is 0 Å². The van der Waals surface area contributed by atoms with Crippen LogP contribution < -0.4 is 20.1 Å². The summed E-state index contributed by atoms with van der Waals surface area (Å²) in [7, 11) is 1.80. The molecule has 0 spiro atoms. The van der Waals surface area contributed by atoms with Gasteiger partial charge in [0, 0.05) is 26.2 Å². The van der Waals surface area contributed by atoms with E-state index in [1.165, 1.54) is 0 Å². The van der Waals surface area contributed by atoms with Gasteiger partial charge in [-0.3, -0.25) is 9.89 Å². The van der Waals surface area contributed by atoms with Gasteiger partial charge in [0.1, 0.15) is 0 Å². The number of likely N-dealkylation sites (N-methyl/N-ethyl adjacent to an activating group) is 1. The molecule has 0 heterocycles. The van der Waals surface area contributed by atoms with Gasteiger partial charge in [-0.1, -0.05) is 13.0 Å². The number of guanidine groups is 1. The van der Waals surface area contributed by atoms with Gasteiger partial charge in [0.2, 0.25) is 0 Å². The molecule has 0 saturated heterocycles. The predicted molar refractivity (Wildman–Crippen MR) is 129 cm³/mol. The average molecular weight is 506 g/mol. The first-order valence-electron chi connectivity index (χ1n) is 10.1. The Bertz CT molecular complexity index is 582. The molecule has 0 aliphatic rings. The molecule has 28 heavy (non-hydrogen) atoms. The third kappa shape index (κ3) is 8.86. The molecule has 0 aromatic heterocycles. The highest BCUT2D eigenvalue weighted by atomic mass is 127. The summed E-state index contributed by atoms with van der Waals surface area (Å²) in [5.41, 5.74) is 1.13. The lowest BCUT2D eigenvalue weighted by molar-refractivity contribution is 0.237. The van der Waals surface area contributed by atoms with Gasteiger partial charge < -0.3 is 20.1 Å². The molecule has 1 aromatic carbocycles. The molecule has 0 aliphatic carbocycles. The van der Waals surface area contributed by atoms with E-state index in [2.05, 4.69) is 54.3 Å². The second kappa shape index (κ2) is 14.7. The molecule has 0 aliphatic heterocycles. The minimum Gasteiger partial charge on any atom is -0.490 e. The van der Waals surface area contributed by atoms with E-state index in [4.69, 9.17) is 9.47 Å². The van der Waals surface area contributed by atoms with E-state index in [0.29, 0.717) is 19.3 Å². The van der Waals surface area contributed by atoms with Crippen molar-refractivity contribution in [2.75, 3.05) is 39.9 Å². The number of nitrogens with one attached hydrogen (secondary N) is 2. The second-order valence-electron chi connectivity index (χ2n) is 6.66. The Morgan fingerprint density at radius 2 is 1.71 bits per heavy atom. The van der Waals surface area contributed by atoms with Crippen LogP contribution >= 0.6 is 24.0 Å². The Kier molecular flexibility index (Phi) is 14.1. The molecule has 1 aromatic rings. The van der Waals surface area contributed by atoms with E-state index < -0.39 is 0 Å². The van der Waals surface area contributed by atoms with E-state index in [0.717, 1.165) is 42.7 Å². The van der Waals surface area contributed by atoms with Crippen molar-refractivity contribution in [1.82, 2.24) is 15.5 Å². The third-order valence-electron chi connectivity index (χ3n) is 4.47. The van der Waals surface area contributed by atoms with Crippen molar-refractivity contribution in [3.63, 3.8) is 0 Å². The number of aliphatic imine (C=N–C) groups is 1. The number of benzene rings is 1. The molecule has 0 radical (unpaired) electrons. The minimum atomic E-state index is 0. The lowest BCUT2D eigenvalue weighted by Gasteiger charge is -2.25. The van der Waals surface area contributed by atoms with Gasteiger partial charge in [0.15, 0.2) is 17.5 Å². The van der Waals surface area contributed by atoms with Crippen molar-refractivity contribution in [3.8, 4) is 11.5 Å². The average Bonchev–Trinajstić information content (AvgIpc) is 2.65. The Labute approximate surface area is 188 Å². The third-order valence-corrected chi connectivity index (χ3v) is 4.47. The number of hydrogen-bond donors (Lipinski definition) is 2. The molecule has 1 unspecified atom stereocenters. The van der Waals surface area contributed by atoms with Crippen molar-refractivity contribution in [3.05, 3.63) is 23.8 Å². The zero-order valence-corrected chi connectivity index (χ0v) is 20.9. The monoisotopic (exact) mass is 506 g/mol. The van der Waals surface area contributed by atoms with Crippen LogP contribution in [0.4, 0.5) is 0 Å². The fourth-order valence-corrected chi connectivity index (χ4v) is 2.92. The quantitative estimate of drug-likeness (QED) is 0.270. The molecular formula is C21H39IN4O2. The fraction of sp³-hybridized carbons (Fsp3) is 0.667. The summed E-state index contributed by atoms with van der Waals surface area (Å²) in [4.78, 5) is 6.77. The smallest absolute Gasteiger partial charge is 0.191 e. The summed E-state index contributed by atoms with van der Waals surface area (Å²) in [5.74, 6) is 2.37. The first kappa shape index (κ1) is 26.8. The number of hydrogen-bond acceptors (Lipinski definition) is 4. The van der Waals surface area contributed by atoms with E-state index >= 15 is 0 Å². The molecular weight excluding hydrogens is 467 g/mol. The maximum atomic E-state index is 5.73. The zero-order chi connectivity index (χ0) is 20.2. The lowest BCUT2D eigenvalue weighted by atomic mass is 10.1. The van der Waals surface area contributed by atoms with Gasteiger partial charge in [-0.25, -0.2) is 0 Å². The van der Waals surface area contributed by atoms with Gasteiger partial charge in [-0.05, 0) is 58.9 Å². The van der Waals surface area contributed by atoms with Crippen LogP contribution in [0.2, 0.25) is 0 Å². The van der Waals surface area contributed by atoms with Gasteiger partial charge in [0.25, 0.3) is 0 Å². The summed E-state index contributed by atoms with van der Waals surface area (Å²) in [6, 6.07) is 6.72. The summed E-state index contributed by atoms with van der Waals surface area (Å²) in [6.45, 7) is 16.8. The predicted octanol–water partition coefficient (Wildman–Crippen LogP) is 4.06. The highest BCUT2D eigenvalue weighted by Crippen LogP contribution is 2.30. The van der Waals surface area contributed by atoms with Crippen LogP contribution in [0.5, 0.6) is 11.5 Å². The van der Waals surface area contributed by atoms with Crippen LogP contribution in [0.15, 0.2) is 23.2 Å². The summed E-state index contributed by atoms with van der Waals surface area (Å²) in [6.07, 6.45) is 0. The van der Waals surface area contributed by atoms with E-state index in [1.54, 1.807) is 7.05 Å². The Morgan fingerprint density at radius 3 is 2.25 bits per heavy atom. The van der Waals surface area contributed by atoms with E-state index in [9.17, 15) is 0 Å². The molecule has 0 fully saturated rings. The first-order chi connectivity index (χ1) is 13.0. The highest BCUT2D eigenvalue weighted by Gasteiger charge is 2.13. The van der Waals surface area contributed by atoms with E-state index in [-0.39, 0.29) is 30.0 Å². The summed E-state index contributed by atoms with van der Waals surface area (Å²) in [5, 5.41) is 6.85. The fourth-order valence-electron chi connectivity index (χ4n) is 2.92. The molecule has 0 saturated carbocycles. The Morgan fingerprint density at radius 1 is 1.07 bits per heavy atom. The zero-order valence-electron chi connectivity index (χ0n) is 18.5. The normalized spacial score (nSPS) is 12.5. The van der Waals surface area contributed by atoms with Gasteiger partial charge in [-0.15, -0.1) is 24.0 Å². The highest BCUT2D eigenvalue weighted by molar-refractivity contribution is 14.0. The van der Waals surface area contributed by atoms with Crippen LogP contribution in [0.1, 0.15) is 53.1 Å². The molecule has 1 atom stereocenters. The van der Waals surface area contributed by atoms with Crippen LogP contribution in [0, 0.1) is 0 Å². The van der Waals surface area contributed by atoms with Gasteiger partial charge in [-0.2, -0.15) is 0 Å². The van der Waals surface area contributed by atoms with Crippen LogP contribution in [0.3, 0.4) is 0 Å². The molecule has 2 N–H and O–H groups in total. The standard InChI is InChI=1S/C21H38N4O2.HI/c1-8-25(16(4)5)14-13-23-21(22-7)24-17(6)18-11-12-19(26-9-2)20(15-18)27-10-3;/h11-12,15-17H,8-10,13-14H2,1-7H3,(H2,22,23,24);1H. The molecule has 0 bridgehead atoms. The maximum absolute atomic E-state index is 5.73. The van der Waals surface area contributed by atoms with Gasteiger partial charge in [0.05, 0.1) is 19.3 Å². The summed E-state index contributed by atoms with van der Waals surface area (Å²) < 4.78 is 11.4. The number of nitrogens with zero attached hydrogens (tertiary/aromatic N) is 2. The van der Waals surface area contributed by atoms with Crippen LogP contribution in [-0.2, 0) is 0 Å². The molecule has 162 valence electrons. The molecule has 1 rings (SSSR count). The van der Waals surface area contributed by atoms with E-state index in [1.807, 2.05) is 26.0 Å². The minimum absolute atomic E-state index is 0. The van der Waals surface area contributed by atoms with Crippen LogP contribution in [-0.4, -0.2) is 56.8 Å². The second-order valence-corrected chi connectivity index (χ2v) is 6.66. The van der Waals surface area contributed by atoms with Crippen LogP contribution in [0.25, 0.3) is 0 Å². The van der Waals surface area contributed by atoms with Crippen molar-refractivity contribution in [2.24, 2.45) is 4.99 Å². The lowest BCUT2D eigenvalue weighted by Crippen LogP contribution is -2.43. The largest absolute Gasteiger partial charge is 0.490 e. The molecule has 6 nitrogen and oxygen atoms in total. The first-order valence-corrected chi connectivity index (χ1v) is 10.1. The number of ether oxygens (including phenoxy) is 2. The van der Waals surface area contributed by atoms with Crippen molar-refractivity contribution < 1.29 is 9.47 Å². The topological polar surface area (TPSA) is 58.1 Å². The number of rotatable bonds is 11. The van der Waals surface area contributed by atoms with Crippen molar-refractivity contribution in [2.45, 2.75) is 53.6 Å².